The van der Waals surface area contributed by atoms with E-state index >= 15 is 0 Å². The Bertz CT molecular complexity index is 460. The Hall–Kier alpha value is -0.700. The molecule has 0 aromatic carbocycles. The number of carbonyl (C=O) groups is 1. The number of hydrogen-bond donors (Lipinski definition) is 2. The first-order valence-corrected chi connectivity index (χ1v) is 9.06. The summed E-state index contributed by atoms with van der Waals surface area (Å²) >= 11 is 0. The normalized spacial score (nSPS) is 26.2. The molecule has 2 heterocycles. The molecule has 7 nitrogen and oxygen atoms in total. The van der Waals surface area contributed by atoms with Gasteiger partial charge in [-0.1, -0.05) is 6.92 Å². The molecule has 2 aliphatic heterocycles. The van der Waals surface area contributed by atoms with E-state index in [0.29, 0.717) is 25.3 Å². The van der Waals surface area contributed by atoms with Gasteiger partial charge in [-0.05, 0) is 38.3 Å². The number of likely N-dealkylation sites (tertiary alicyclic amines) is 1. The number of carboxylic acid groups (broad SMARTS) is 1. The zero-order chi connectivity index (χ0) is 15.5. The van der Waals surface area contributed by atoms with Crippen molar-refractivity contribution in [3.8, 4) is 0 Å². The summed E-state index contributed by atoms with van der Waals surface area (Å²) in [6, 6.07) is 0. The summed E-state index contributed by atoms with van der Waals surface area (Å²) in [6.07, 6.45) is 1.81. The van der Waals surface area contributed by atoms with Crippen molar-refractivity contribution in [2.75, 3.05) is 39.3 Å². The number of nitrogens with zero attached hydrogens (tertiary/aromatic N) is 2. The molecule has 0 spiro atoms. The summed E-state index contributed by atoms with van der Waals surface area (Å²) in [5, 5.41) is 8.93. The monoisotopic (exact) mass is 319 g/mol. The lowest BCUT2D eigenvalue weighted by molar-refractivity contribution is -0.142. The van der Waals surface area contributed by atoms with E-state index in [9.17, 15) is 13.2 Å². The van der Waals surface area contributed by atoms with Gasteiger partial charge in [0.1, 0.15) is 0 Å². The van der Waals surface area contributed by atoms with Crippen molar-refractivity contribution in [1.82, 2.24) is 13.9 Å². The first-order valence-electron chi connectivity index (χ1n) is 7.62. The summed E-state index contributed by atoms with van der Waals surface area (Å²) in [6.45, 7) is 6.14. The molecule has 1 atom stereocenters. The molecule has 122 valence electrons. The number of nitrogens with one attached hydrogen (secondary N) is 1. The minimum absolute atomic E-state index is 0.290. The average Bonchev–Trinajstić information content (AvgIpc) is 2.93. The lowest BCUT2D eigenvalue weighted by atomic mass is 9.99. The molecule has 2 rings (SSSR count). The summed E-state index contributed by atoms with van der Waals surface area (Å²) in [5.74, 6) is -0.869. The second-order valence-corrected chi connectivity index (χ2v) is 7.67. The van der Waals surface area contributed by atoms with Gasteiger partial charge < -0.3 is 10.0 Å². The number of hydrogen-bond acceptors (Lipinski definition) is 4. The van der Waals surface area contributed by atoms with Crippen LogP contribution < -0.4 is 4.72 Å². The highest BCUT2D eigenvalue weighted by molar-refractivity contribution is 7.87. The van der Waals surface area contributed by atoms with Crippen molar-refractivity contribution in [1.29, 1.82) is 0 Å². The smallest absolute Gasteiger partial charge is 0.306 e. The van der Waals surface area contributed by atoms with Crippen LogP contribution in [-0.2, 0) is 15.0 Å². The zero-order valence-electron chi connectivity index (χ0n) is 12.5. The third-order valence-corrected chi connectivity index (χ3v) is 6.09. The number of piperidine rings is 1. The van der Waals surface area contributed by atoms with E-state index in [0.717, 1.165) is 26.1 Å². The maximum atomic E-state index is 12.2. The van der Waals surface area contributed by atoms with E-state index < -0.39 is 22.1 Å². The van der Waals surface area contributed by atoms with Crippen molar-refractivity contribution >= 4 is 16.2 Å². The summed E-state index contributed by atoms with van der Waals surface area (Å²) in [4.78, 5) is 13.2. The van der Waals surface area contributed by atoms with Crippen LogP contribution in [0.3, 0.4) is 0 Å². The van der Waals surface area contributed by atoms with Crippen LogP contribution in [0.25, 0.3) is 0 Å². The van der Waals surface area contributed by atoms with E-state index in [2.05, 4.69) is 16.5 Å². The van der Waals surface area contributed by atoms with Crippen molar-refractivity contribution in [3.63, 3.8) is 0 Å². The van der Waals surface area contributed by atoms with Gasteiger partial charge in [0, 0.05) is 26.2 Å². The molecule has 0 amide bonds. The minimum Gasteiger partial charge on any atom is -0.481 e. The molecule has 0 bridgehead atoms. The van der Waals surface area contributed by atoms with Crippen molar-refractivity contribution < 1.29 is 18.3 Å². The molecule has 0 aromatic heterocycles. The molecule has 8 heteroatoms. The van der Waals surface area contributed by atoms with Gasteiger partial charge >= 0.3 is 5.97 Å². The van der Waals surface area contributed by atoms with Crippen LogP contribution >= 0.6 is 0 Å². The fourth-order valence-corrected chi connectivity index (χ4v) is 4.34. The van der Waals surface area contributed by atoms with Crippen LogP contribution in [0.1, 0.15) is 26.2 Å². The lowest BCUT2D eigenvalue weighted by Gasteiger charge is -2.29. The molecule has 21 heavy (non-hydrogen) atoms. The van der Waals surface area contributed by atoms with Crippen LogP contribution in [0, 0.1) is 11.8 Å². The van der Waals surface area contributed by atoms with E-state index in [1.54, 1.807) is 0 Å². The SMILES string of the molecule is CCN1CCC(CNS(=O)(=O)N2CCC(C(=O)O)CC2)C1. The van der Waals surface area contributed by atoms with Crippen molar-refractivity contribution in [2.24, 2.45) is 11.8 Å². The van der Waals surface area contributed by atoms with E-state index in [-0.39, 0.29) is 13.1 Å². The second-order valence-electron chi connectivity index (χ2n) is 5.91. The lowest BCUT2D eigenvalue weighted by Crippen LogP contribution is -2.47. The minimum atomic E-state index is -3.47. The van der Waals surface area contributed by atoms with Gasteiger partial charge in [0.25, 0.3) is 10.2 Å². The largest absolute Gasteiger partial charge is 0.481 e. The standard InChI is InChI=1S/C13H25N3O4S/c1-2-15-6-3-11(10-15)9-14-21(19,20)16-7-4-12(5-8-16)13(17)18/h11-12,14H,2-10H2,1H3,(H,17,18). The van der Waals surface area contributed by atoms with Gasteiger partial charge in [0.2, 0.25) is 0 Å². The molecule has 2 saturated heterocycles. The van der Waals surface area contributed by atoms with Crippen LogP contribution in [0.2, 0.25) is 0 Å². The number of rotatable bonds is 6. The quantitative estimate of drug-likeness (QED) is 0.717. The Kier molecular flexibility index (Phi) is 5.59. The Morgan fingerprint density at radius 1 is 1.24 bits per heavy atom. The van der Waals surface area contributed by atoms with Crippen LogP contribution in [-0.4, -0.2) is 68.0 Å². The highest BCUT2D eigenvalue weighted by Gasteiger charge is 2.31. The average molecular weight is 319 g/mol. The highest BCUT2D eigenvalue weighted by Crippen LogP contribution is 2.20. The fraction of sp³-hybridized carbons (Fsp3) is 0.923. The van der Waals surface area contributed by atoms with Crippen molar-refractivity contribution in [2.45, 2.75) is 26.2 Å². The predicted octanol–water partition coefficient (Wildman–Crippen LogP) is -0.0408. The molecule has 0 radical (unpaired) electrons. The third kappa shape index (κ3) is 4.38. The molecule has 0 saturated carbocycles. The molecule has 2 fully saturated rings. The maximum Gasteiger partial charge on any atom is 0.306 e. The van der Waals surface area contributed by atoms with E-state index in [4.69, 9.17) is 5.11 Å². The Morgan fingerprint density at radius 2 is 1.90 bits per heavy atom. The number of aliphatic carboxylic acids is 1. The molecule has 2 N–H and O–H groups in total. The molecule has 0 aromatic rings. The molecular weight excluding hydrogens is 294 g/mol. The van der Waals surface area contributed by atoms with Crippen LogP contribution in [0.15, 0.2) is 0 Å². The molecule has 0 aliphatic carbocycles. The van der Waals surface area contributed by atoms with Gasteiger partial charge in [-0.3, -0.25) is 4.79 Å². The van der Waals surface area contributed by atoms with E-state index in [1.165, 1.54) is 4.31 Å². The van der Waals surface area contributed by atoms with Crippen molar-refractivity contribution in [3.05, 3.63) is 0 Å². The predicted molar refractivity (Wildman–Crippen MR) is 79.1 cm³/mol. The Morgan fingerprint density at radius 3 is 2.43 bits per heavy atom. The summed E-state index contributed by atoms with van der Waals surface area (Å²) < 4.78 is 28.5. The van der Waals surface area contributed by atoms with E-state index in [1.807, 2.05) is 0 Å². The first kappa shape index (κ1) is 16.7. The van der Waals surface area contributed by atoms with Gasteiger partial charge in [-0.2, -0.15) is 12.7 Å². The molecular formula is C13H25N3O4S. The summed E-state index contributed by atoms with van der Waals surface area (Å²) in [5.41, 5.74) is 0. The van der Waals surface area contributed by atoms with Crippen LogP contribution in [0.4, 0.5) is 0 Å². The van der Waals surface area contributed by atoms with Gasteiger partial charge in [0.05, 0.1) is 5.92 Å². The number of carboxylic acids is 1. The topological polar surface area (TPSA) is 90.0 Å². The Labute approximate surface area is 126 Å². The summed E-state index contributed by atoms with van der Waals surface area (Å²) in [7, 11) is -3.47. The highest BCUT2D eigenvalue weighted by atomic mass is 32.2. The Balaban J connectivity index is 1.79. The molecule has 1 unspecified atom stereocenters. The van der Waals surface area contributed by atoms with Gasteiger partial charge in [-0.15, -0.1) is 0 Å². The third-order valence-electron chi connectivity index (χ3n) is 4.51. The van der Waals surface area contributed by atoms with Crippen LogP contribution in [0.5, 0.6) is 0 Å². The zero-order valence-corrected chi connectivity index (χ0v) is 13.3. The first-order chi connectivity index (χ1) is 9.92. The molecule has 2 aliphatic rings. The fourth-order valence-electron chi connectivity index (χ4n) is 3.02. The van der Waals surface area contributed by atoms with Gasteiger partial charge in [-0.25, -0.2) is 4.72 Å². The van der Waals surface area contributed by atoms with Gasteiger partial charge in [0.15, 0.2) is 0 Å². The maximum absolute atomic E-state index is 12.2. The second kappa shape index (κ2) is 7.04.